The van der Waals surface area contributed by atoms with Crippen molar-refractivity contribution >= 4 is 17.8 Å². The van der Waals surface area contributed by atoms with E-state index >= 15 is 0 Å². The van der Waals surface area contributed by atoms with E-state index in [1.807, 2.05) is 103 Å². The summed E-state index contributed by atoms with van der Waals surface area (Å²) in [5.74, 6) is 1.13. The zero-order valence-electron chi connectivity index (χ0n) is 20.5. The Morgan fingerprint density at radius 3 is 2.16 bits per heavy atom. The van der Waals surface area contributed by atoms with Crippen molar-refractivity contribution in [3.8, 4) is 11.5 Å². The van der Waals surface area contributed by atoms with Crippen molar-refractivity contribution in [1.29, 1.82) is 0 Å². The predicted octanol–water partition coefficient (Wildman–Crippen LogP) is 5.78. The van der Waals surface area contributed by atoms with Crippen LogP contribution in [0.15, 0.2) is 108 Å². The number of nitrogens with zero attached hydrogens (tertiary/aromatic N) is 2. The zero-order valence-corrected chi connectivity index (χ0v) is 20.5. The Morgan fingerprint density at radius 1 is 0.784 bits per heavy atom. The van der Waals surface area contributed by atoms with Crippen LogP contribution in [-0.4, -0.2) is 25.3 Å². The number of benzene rings is 4. The number of hydrogen-bond acceptors (Lipinski definition) is 5. The monoisotopic (exact) mass is 492 g/mol. The Bertz CT molecular complexity index is 1360. The van der Waals surface area contributed by atoms with E-state index < -0.39 is 0 Å². The molecule has 4 aromatic carbocycles. The summed E-state index contributed by atoms with van der Waals surface area (Å²) in [7, 11) is 0. The fourth-order valence-corrected chi connectivity index (χ4v) is 4.17. The molecule has 37 heavy (non-hydrogen) atoms. The number of hydrogen-bond donors (Lipinski definition) is 0. The van der Waals surface area contributed by atoms with Gasteiger partial charge in [-0.1, -0.05) is 84.0 Å². The highest BCUT2D eigenvalue weighted by Gasteiger charge is 2.24. The number of oxime groups is 1. The highest BCUT2D eigenvalue weighted by Crippen LogP contribution is 2.30. The first-order chi connectivity index (χ1) is 18.3. The van der Waals surface area contributed by atoms with E-state index in [-0.39, 0.29) is 12.5 Å². The summed E-state index contributed by atoms with van der Waals surface area (Å²) in [6, 6.07) is 33.5. The van der Waals surface area contributed by atoms with Crippen molar-refractivity contribution in [2.45, 2.75) is 19.6 Å². The molecule has 0 unspecified atom stereocenters. The first-order valence-electron chi connectivity index (χ1n) is 12.3. The van der Waals surface area contributed by atoms with Gasteiger partial charge in [-0.3, -0.25) is 4.79 Å². The van der Waals surface area contributed by atoms with Crippen LogP contribution >= 0.6 is 0 Å². The van der Waals surface area contributed by atoms with Gasteiger partial charge in [0.05, 0.1) is 6.21 Å². The molecule has 6 heteroatoms. The number of carbonyl (C=O) groups is 1. The van der Waals surface area contributed by atoms with Crippen LogP contribution in [0.25, 0.3) is 0 Å². The molecule has 186 valence electrons. The van der Waals surface area contributed by atoms with Gasteiger partial charge in [-0.05, 0) is 47.4 Å². The highest BCUT2D eigenvalue weighted by molar-refractivity contribution is 5.96. The third-order valence-electron chi connectivity index (χ3n) is 6.09. The summed E-state index contributed by atoms with van der Waals surface area (Å²) in [5.41, 5.74) is 5.03. The number of amides is 1. The van der Waals surface area contributed by atoms with Crippen LogP contribution < -0.4 is 14.4 Å². The molecule has 0 atom stereocenters. The maximum atomic E-state index is 12.6. The maximum Gasteiger partial charge on any atom is 0.267 e. The SMILES string of the molecule is O=C(CON=Cc1ccc(OCc2ccccc2)c(OCc2ccccc2)c1)N1CCc2ccccc21. The summed E-state index contributed by atoms with van der Waals surface area (Å²) in [6.45, 7) is 1.38. The number of rotatable bonds is 10. The van der Waals surface area contributed by atoms with Gasteiger partial charge in [-0.15, -0.1) is 0 Å². The molecule has 1 amide bonds. The molecule has 0 radical (unpaired) electrons. The van der Waals surface area contributed by atoms with Gasteiger partial charge >= 0.3 is 0 Å². The Kier molecular flexibility index (Phi) is 7.76. The molecule has 4 aromatic rings. The average Bonchev–Trinajstić information content (AvgIpc) is 3.39. The quantitative estimate of drug-likeness (QED) is 0.208. The van der Waals surface area contributed by atoms with Crippen molar-refractivity contribution < 1.29 is 19.1 Å². The van der Waals surface area contributed by atoms with Gasteiger partial charge in [0.15, 0.2) is 18.1 Å². The van der Waals surface area contributed by atoms with Crippen LogP contribution in [0.1, 0.15) is 22.3 Å². The van der Waals surface area contributed by atoms with Crippen LogP contribution in [-0.2, 0) is 29.3 Å². The van der Waals surface area contributed by atoms with Crippen molar-refractivity contribution in [2.75, 3.05) is 18.1 Å². The minimum absolute atomic E-state index is 0.112. The number of para-hydroxylation sites is 1. The van der Waals surface area contributed by atoms with Gasteiger partial charge in [0.1, 0.15) is 13.2 Å². The Hall–Kier alpha value is -4.58. The summed E-state index contributed by atoms with van der Waals surface area (Å²) >= 11 is 0. The fourth-order valence-electron chi connectivity index (χ4n) is 4.17. The van der Waals surface area contributed by atoms with E-state index in [9.17, 15) is 4.79 Å². The summed E-state index contributed by atoms with van der Waals surface area (Å²) in [4.78, 5) is 19.7. The van der Waals surface area contributed by atoms with E-state index in [0.717, 1.165) is 28.8 Å². The van der Waals surface area contributed by atoms with Crippen molar-refractivity contribution in [1.82, 2.24) is 0 Å². The molecule has 6 nitrogen and oxygen atoms in total. The second-order valence-electron chi connectivity index (χ2n) is 8.69. The molecular weight excluding hydrogens is 464 g/mol. The molecule has 1 aliphatic heterocycles. The Labute approximate surface area is 216 Å². The molecule has 5 rings (SSSR count). The molecule has 0 bridgehead atoms. The molecule has 0 saturated heterocycles. The first-order valence-corrected chi connectivity index (χ1v) is 12.3. The van der Waals surface area contributed by atoms with Crippen LogP contribution in [0.2, 0.25) is 0 Å². The van der Waals surface area contributed by atoms with Gasteiger partial charge in [0.2, 0.25) is 0 Å². The van der Waals surface area contributed by atoms with Crippen LogP contribution in [0.3, 0.4) is 0 Å². The molecule has 0 N–H and O–H groups in total. The lowest BCUT2D eigenvalue weighted by molar-refractivity contribution is -0.122. The zero-order chi connectivity index (χ0) is 25.3. The normalized spacial score (nSPS) is 12.4. The lowest BCUT2D eigenvalue weighted by Crippen LogP contribution is -2.31. The minimum Gasteiger partial charge on any atom is -0.485 e. The minimum atomic E-state index is -0.125. The lowest BCUT2D eigenvalue weighted by atomic mass is 10.2. The fraction of sp³-hybridized carbons (Fsp3) is 0.161. The van der Waals surface area contributed by atoms with Gasteiger partial charge in [-0.25, -0.2) is 0 Å². The Morgan fingerprint density at radius 2 is 1.43 bits per heavy atom. The topological polar surface area (TPSA) is 60.4 Å². The molecule has 0 fully saturated rings. The standard InChI is InChI=1S/C31H28N2O4/c34-31(33-18-17-27-13-7-8-14-28(27)33)23-37-32-20-26-15-16-29(35-21-24-9-3-1-4-10-24)30(19-26)36-22-25-11-5-2-6-12-25/h1-16,19-20H,17-18,21-23H2. The van der Waals surface area contributed by atoms with Gasteiger partial charge in [0, 0.05) is 17.8 Å². The van der Waals surface area contributed by atoms with Crippen LogP contribution in [0.5, 0.6) is 11.5 Å². The molecule has 1 aliphatic rings. The summed E-state index contributed by atoms with van der Waals surface area (Å²) < 4.78 is 12.2. The number of carbonyl (C=O) groups excluding carboxylic acids is 1. The van der Waals surface area contributed by atoms with Crippen molar-refractivity contribution in [2.24, 2.45) is 5.16 Å². The van der Waals surface area contributed by atoms with Crippen LogP contribution in [0.4, 0.5) is 5.69 Å². The van der Waals surface area contributed by atoms with Crippen LogP contribution in [0, 0.1) is 0 Å². The maximum absolute atomic E-state index is 12.6. The van der Waals surface area contributed by atoms with Gasteiger partial charge in [0.25, 0.3) is 5.91 Å². The van der Waals surface area contributed by atoms with E-state index in [4.69, 9.17) is 14.3 Å². The lowest BCUT2D eigenvalue weighted by Gasteiger charge is -2.16. The molecule has 0 spiro atoms. The smallest absolute Gasteiger partial charge is 0.267 e. The molecule has 0 aliphatic carbocycles. The highest BCUT2D eigenvalue weighted by atomic mass is 16.6. The first kappa shape index (κ1) is 24.1. The molecule has 0 saturated carbocycles. The summed E-state index contributed by atoms with van der Waals surface area (Å²) in [6.07, 6.45) is 2.43. The number of fused-ring (bicyclic) bond motifs is 1. The van der Waals surface area contributed by atoms with E-state index in [1.54, 1.807) is 11.1 Å². The van der Waals surface area contributed by atoms with Crippen molar-refractivity contribution in [3.63, 3.8) is 0 Å². The Balaban J connectivity index is 1.22. The third kappa shape index (κ3) is 6.35. The van der Waals surface area contributed by atoms with E-state index in [2.05, 4.69) is 5.16 Å². The van der Waals surface area contributed by atoms with Crippen molar-refractivity contribution in [3.05, 3.63) is 125 Å². The van der Waals surface area contributed by atoms with E-state index in [1.165, 1.54) is 5.56 Å². The third-order valence-corrected chi connectivity index (χ3v) is 6.09. The average molecular weight is 493 g/mol. The second-order valence-corrected chi connectivity index (χ2v) is 8.69. The largest absolute Gasteiger partial charge is 0.485 e. The molecular formula is C31H28N2O4. The predicted molar refractivity (Wildman–Crippen MR) is 144 cm³/mol. The molecule has 1 heterocycles. The van der Waals surface area contributed by atoms with Gasteiger partial charge in [-0.2, -0.15) is 0 Å². The van der Waals surface area contributed by atoms with E-state index in [0.29, 0.717) is 31.3 Å². The summed E-state index contributed by atoms with van der Waals surface area (Å²) in [5, 5.41) is 4.02. The number of ether oxygens (including phenoxy) is 2. The number of anilines is 1. The second kappa shape index (κ2) is 11.9. The molecule has 0 aromatic heterocycles. The van der Waals surface area contributed by atoms with Gasteiger partial charge < -0.3 is 19.2 Å².